The Balaban J connectivity index is 1.33. The zero-order valence-electron chi connectivity index (χ0n) is 22.0. The van der Waals surface area contributed by atoms with Crippen LogP contribution in [0.5, 0.6) is 28.7 Å². The number of carbonyl (C=O) groups excluding carboxylic acids is 1. The number of rotatable bonds is 10. The molecule has 2 N–H and O–H groups in total. The Hall–Kier alpha value is -4.84. The maximum absolute atomic E-state index is 13.5. The second kappa shape index (κ2) is 11.5. The first-order chi connectivity index (χ1) is 19.4. The maximum atomic E-state index is 13.5. The monoisotopic (exact) mass is 564 g/mol. The number of aromatic amines is 1. The van der Waals surface area contributed by atoms with Gasteiger partial charge in [-0.2, -0.15) is 5.10 Å². The molecule has 0 saturated heterocycles. The lowest BCUT2D eigenvalue weighted by Crippen LogP contribution is -2.20. The van der Waals surface area contributed by atoms with Crippen LogP contribution in [0.2, 0.25) is 0 Å². The highest BCUT2D eigenvalue weighted by Crippen LogP contribution is 2.41. The zero-order chi connectivity index (χ0) is 28.2. The third-order valence-corrected chi connectivity index (χ3v) is 6.90. The van der Waals surface area contributed by atoms with Gasteiger partial charge in [0.1, 0.15) is 5.82 Å². The minimum atomic E-state index is -0.418. The molecule has 0 aliphatic rings. The minimum Gasteiger partial charge on any atom is -0.493 e. The number of ether oxygens (including phenoxy) is 5. The first kappa shape index (κ1) is 26.8. The van der Waals surface area contributed by atoms with Crippen molar-refractivity contribution in [1.29, 1.82) is 0 Å². The standard InChI is InChI=1S/C28H25FN4O6S/c1-35-21-8-5-15(19-13-20(33-32-19)16-10-23(36-2)27(38-4)24(11-16)37-3)9-22(21)39-14-26(34)31-28-30-18-7-6-17(29)12-25(18)40-28/h5-13H,14H2,1-4H3,(H,32,33)(H,30,31,34). The topological polar surface area (TPSA) is 117 Å². The summed E-state index contributed by atoms with van der Waals surface area (Å²) in [5, 5.41) is 10.5. The van der Waals surface area contributed by atoms with Crippen LogP contribution in [0.4, 0.5) is 9.52 Å². The average molecular weight is 565 g/mol. The molecule has 0 unspecified atom stereocenters. The normalized spacial score (nSPS) is 10.8. The summed E-state index contributed by atoms with van der Waals surface area (Å²) in [5.41, 5.74) is 3.49. The van der Waals surface area contributed by atoms with Crippen molar-refractivity contribution in [2.45, 2.75) is 0 Å². The van der Waals surface area contributed by atoms with Crippen molar-refractivity contribution in [1.82, 2.24) is 15.2 Å². The predicted molar refractivity (Wildman–Crippen MR) is 149 cm³/mol. The van der Waals surface area contributed by atoms with Crippen LogP contribution in [-0.2, 0) is 4.79 Å². The first-order valence-corrected chi connectivity index (χ1v) is 12.8. The Labute approximate surface area is 232 Å². The number of thiazole rings is 1. The van der Waals surface area contributed by atoms with E-state index in [0.29, 0.717) is 55.5 Å². The summed E-state index contributed by atoms with van der Waals surface area (Å²) >= 11 is 1.18. The van der Waals surface area contributed by atoms with Crippen molar-refractivity contribution in [2.24, 2.45) is 0 Å². The van der Waals surface area contributed by atoms with Gasteiger partial charge in [-0.3, -0.25) is 15.2 Å². The predicted octanol–water partition coefficient (Wildman–Crippen LogP) is 5.54. The fraction of sp³-hybridized carbons (Fsp3) is 0.179. The van der Waals surface area contributed by atoms with Gasteiger partial charge in [0, 0.05) is 11.1 Å². The number of H-pyrrole nitrogens is 1. The van der Waals surface area contributed by atoms with Crippen molar-refractivity contribution in [3.8, 4) is 51.3 Å². The number of hydrogen-bond donors (Lipinski definition) is 2. The first-order valence-electron chi connectivity index (χ1n) is 11.9. The zero-order valence-corrected chi connectivity index (χ0v) is 22.8. The number of fused-ring (bicyclic) bond motifs is 1. The second-order valence-corrected chi connectivity index (χ2v) is 9.45. The van der Waals surface area contributed by atoms with Gasteiger partial charge < -0.3 is 23.7 Å². The highest BCUT2D eigenvalue weighted by Gasteiger charge is 2.17. The lowest BCUT2D eigenvalue weighted by Gasteiger charge is -2.13. The summed E-state index contributed by atoms with van der Waals surface area (Å²) in [6.45, 7) is -0.288. The van der Waals surface area contributed by atoms with Gasteiger partial charge in [-0.1, -0.05) is 11.3 Å². The molecule has 0 aliphatic carbocycles. The molecule has 12 heteroatoms. The van der Waals surface area contributed by atoms with Crippen LogP contribution in [0.15, 0.2) is 54.6 Å². The van der Waals surface area contributed by atoms with E-state index in [2.05, 4.69) is 20.5 Å². The highest BCUT2D eigenvalue weighted by molar-refractivity contribution is 7.22. The van der Waals surface area contributed by atoms with E-state index >= 15 is 0 Å². The average Bonchev–Trinajstić information content (AvgIpc) is 3.62. The smallest absolute Gasteiger partial charge is 0.264 e. The number of anilines is 1. The molecule has 0 saturated carbocycles. The largest absolute Gasteiger partial charge is 0.493 e. The number of methoxy groups -OCH3 is 4. The maximum Gasteiger partial charge on any atom is 0.264 e. The third kappa shape index (κ3) is 5.47. The van der Waals surface area contributed by atoms with Crippen LogP contribution in [0.25, 0.3) is 32.7 Å². The molecule has 2 heterocycles. The molecule has 3 aromatic carbocycles. The van der Waals surface area contributed by atoms with E-state index in [1.807, 2.05) is 24.3 Å². The number of nitrogens with one attached hydrogen (secondary N) is 2. The van der Waals surface area contributed by atoms with Gasteiger partial charge in [0.05, 0.1) is 50.0 Å². The van der Waals surface area contributed by atoms with E-state index in [4.69, 9.17) is 23.7 Å². The van der Waals surface area contributed by atoms with E-state index in [0.717, 1.165) is 11.1 Å². The summed E-state index contributed by atoms with van der Waals surface area (Å²) in [7, 11) is 6.16. The lowest BCUT2D eigenvalue weighted by molar-refractivity contribution is -0.118. The Morgan fingerprint density at radius 1 is 0.875 bits per heavy atom. The van der Waals surface area contributed by atoms with Crippen molar-refractivity contribution in [3.05, 3.63) is 60.4 Å². The molecule has 0 radical (unpaired) electrons. The van der Waals surface area contributed by atoms with Crippen molar-refractivity contribution >= 4 is 32.6 Å². The van der Waals surface area contributed by atoms with Gasteiger partial charge in [0.2, 0.25) is 5.75 Å². The summed E-state index contributed by atoms with van der Waals surface area (Å²) in [5.74, 6) is 1.55. The van der Waals surface area contributed by atoms with E-state index in [-0.39, 0.29) is 12.4 Å². The molecule has 0 aliphatic heterocycles. The molecule has 5 aromatic rings. The number of aromatic nitrogens is 3. The molecule has 40 heavy (non-hydrogen) atoms. The second-order valence-electron chi connectivity index (χ2n) is 8.41. The molecular formula is C28H25FN4O6S. The van der Waals surface area contributed by atoms with Crippen molar-refractivity contribution in [2.75, 3.05) is 40.4 Å². The summed E-state index contributed by atoms with van der Waals surface area (Å²) < 4.78 is 41.6. The highest BCUT2D eigenvalue weighted by atomic mass is 32.1. The van der Waals surface area contributed by atoms with Crippen LogP contribution in [0, 0.1) is 5.82 Å². The van der Waals surface area contributed by atoms with Gasteiger partial charge in [0.25, 0.3) is 5.91 Å². The Morgan fingerprint density at radius 2 is 1.60 bits per heavy atom. The van der Waals surface area contributed by atoms with Gasteiger partial charge in [-0.15, -0.1) is 0 Å². The van der Waals surface area contributed by atoms with E-state index < -0.39 is 5.91 Å². The summed E-state index contributed by atoms with van der Waals surface area (Å²) in [4.78, 5) is 16.9. The number of amides is 1. The fourth-order valence-electron chi connectivity index (χ4n) is 4.05. The van der Waals surface area contributed by atoms with E-state index in [1.165, 1.54) is 30.6 Å². The quantitative estimate of drug-likeness (QED) is 0.227. The van der Waals surface area contributed by atoms with Gasteiger partial charge in [-0.25, -0.2) is 9.37 Å². The SMILES string of the molecule is COc1ccc(-c2cc(-c3cc(OC)c(OC)c(OC)c3)n[nH]2)cc1OCC(=O)Nc1nc2ccc(F)cc2s1. The fourth-order valence-corrected chi connectivity index (χ4v) is 4.96. The van der Waals surface area contributed by atoms with E-state index in [9.17, 15) is 9.18 Å². The third-order valence-electron chi connectivity index (χ3n) is 5.97. The number of carbonyl (C=O) groups is 1. The van der Waals surface area contributed by atoms with Gasteiger partial charge in [0.15, 0.2) is 34.7 Å². The molecule has 5 rings (SSSR count). The molecule has 0 bridgehead atoms. The van der Waals surface area contributed by atoms with Crippen LogP contribution in [-0.4, -0.2) is 56.1 Å². The minimum absolute atomic E-state index is 0.288. The summed E-state index contributed by atoms with van der Waals surface area (Å²) in [6.07, 6.45) is 0. The van der Waals surface area contributed by atoms with Crippen LogP contribution in [0.3, 0.4) is 0 Å². The van der Waals surface area contributed by atoms with Crippen LogP contribution in [0.1, 0.15) is 0 Å². The van der Waals surface area contributed by atoms with Crippen LogP contribution < -0.4 is 29.0 Å². The molecule has 0 spiro atoms. The Bertz CT molecular complexity index is 1660. The number of benzene rings is 3. The lowest BCUT2D eigenvalue weighted by atomic mass is 10.1. The van der Waals surface area contributed by atoms with Crippen molar-refractivity contribution < 1.29 is 32.9 Å². The van der Waals surface area contributed by atoms with Crippen LogP contribution >= 0.6 is 11.3 Å². The molecular weight excluding hydrogens is 539 g/mol. The molecule has 0 fully saturated rings. The number of hydrogen-bond acceptors (Lipinski definition) is 9. The number of nitrogens with zero attached hydrogens (tertiary/aromatic N) is 2. The Kier molecular flexibility index (Phi) is 7.69. The molecule has 1 amide bonds. The van der Waals surface area contributed by atoms with Gasteiger partial charge in [-0.05, 0) is 54.6 Å². The molecule has 2 aromatic heterocycles. The molecule has 206 valence electrons. The van der Waals surface area contributed by atoms with Crippen molar-refractivity contribution in [3.63, 3.8) is 0 Å². The number of halogens is 1. The summed E-state index contributed by atoms with van der Waals surface area (Å²) in [6, 6.07) is 15.1. The van der Waals surface area contributed by atoms with Gasteiger partial charge >= 0.3 is 0 Å². The Morgan fingerprint density at radius 3 is 2.30 bits per heavy atom. The molecule has 0 atom stereocenters. The molecule has 10 nitrogen and oxygen atoms in total. The van der Waals surface area contributed by atoms with E-state index in [1.54, 1.807) is 39.5 Å².